The number of rotatable bonds is 8. The Labute approximate surface area is 126 Å². The van der Waals surface area contributed by atoms with Gasteiger partial charge in [0.2, 0.25) is 0 Å². The molecule has 0 saturated carbocycles. The van der Waals surface area contributed by atoms with Crippen molar-refractivity contribution in [1.82, 2.24) is 5.32 Å². The van der Waals surface area contributed by atoms with Crippen molar-refractivity contribution < 1.29 is 9.47 Å². The van der Waals surface area contributed by atoms with Crippen molar-refractivity contribution in [3.05, 3.63) is 54.1 Å². The van der Waals surface area contributed by atoms with Gasteiger partial charge in [0.05, 0.1) is 6.61 Å². The van der Waals surface area contributed by atoms with Gasteiger partial charge in [-0.3, -0.25) is 0 Å². The van der Waals surface area contributed by atoms with E-state index in [1.807, 2.05) is 49.4 Å². The average molecular weight is 285 g/mol. The van der Waals surface area contributed by atoms with Crippen LogP contribution in [0.5, 0.6) is 17.2 Å². The van der Waals surface area contributed by atoms with E-state index in [1.54, 1.807) is 0 Å². The van der Waals surface area contributed by atoms with Gasteiger partial charge in [-0.1, -0.05) is 25.1 Å². The van der Waals surface area contributed by atoms with Gasteiger partial charge in [0.1, 0.15) is 17.2 Å². The molecule has 0 aromatic heterocycles. The molecule has 1 N–H and O–H groups in total. The van der Waals surface area contributed by atoms with E-state index in [-0.39, 0.29) is 0 Å². The highest BCUT2D eigenvalue weighted by molar-refractivity contribution is 5.39. The summed E-state index contributed by atoms with van der Waals surface area (Å²) in [7, 11) is 0. The van der Waals surface area contributed by atoms with Crippen molar-refractivity contribution in [1.29, 1.82) is 0 Å². The van der Waals surface area contributed by atoms with E-state index in [1.165, 1.54) is 5.56 Å². The first-order chi connectivity index (χ1) is 10.3. The highest BCUT2D eigenvalue weighted by atomic mass is 16.5. The number of hydrogen-bond acceptors (Lipinski definition) is 3. The van der Waals surface area contributed by atoms with Gasteiger partial charge >= 0.3 is 0 Å². The minimum absolute atomic E-state index is 0.673. The molecular formula is C18H23NO2. The lowest BCUT2D eigenvalue weighted by Crippen LogP contribution is -2.14. The minimum Gasteiger partial charge on any atom is -0.494 e. The fourth-order valence-electron chi connectivity index (χ4n) is 2.05. The second kappa shape index (κ2) is 8.32. The highest BCUT2D eigenvalue weighted by Crippen LogP contribution is 2.26. The molecule has 0 spiro atoms. The van der Waals surface area contributed by atoms with Crippen molar-refractivity contribution in [3.8, 4) is 17.2 Å². The lowest BCUT2D eigenvalue weighted by atomic mass is 10.2. The first-order valence-electron chi connectivity index (χ1n) is 7.52. The summed E-state index contributed by atoms with van der Waals surface area (Å²) in [4.78, 5) is 0. The molecule has 0 atom stereocenters. The maximum atomic E-state index is 5.98. The van der Waals surface area contributed by atoms with Crippen molar-refractivity contribution in [2.45, 2.75) is 26.8 Å². The van der Waals surface area contributed by atoms with Crippen LogP contribution >= 0.6 is 0 Å². The number of benzene rings is 2. The summed E-state index contributed by atoms with van der Waals surface area (Å²) >= 11 is 0. The fraction of sp³-hybridized carbons (Fsp3) is 0.333. The van der Waals surface area contributed by atoms with E-state index in [9.17, 15) is 0 Å². The largest absolute Gasteiger partial charge is 0.494 e. The van der Waals surface area contributed by atoms with Gasteiger partial charge in [-0.15, -0.1) is 0 Å². The van der Waals surface area contributed by atoms with Crippen molar-refractivity contribution in [3.63, 3.8) is 0 Å². The first-order valence-corrected chi connectivity index (χ1v) is 7.52. The maximum absolute atomic E-state index is 5.98. The fourth-order valence-corrected chi connectivity index (χ4v) is 2.05. The Bertz CT molecular complexity index is 537. The molecule has 21 heavy (non-hydrogen) atoms. The van der Waals surface area contributed by atoms with Crippen LogP contribution in [0.4, 0.5) is 0 Å². The van der Waals surface area contributed by atoms with Gasteiger partial charge in [-0.05, 0) is 50.2 Å². The van der Waals surface area contributed by atoms with Crippen LogP contribution in [0.15, 0.2) is 48.5 Å². The molecule has 0 fully saturated rings. The van der Waals surface area contributed by atoms with Crippen LogP contribution in [-0.2, 0) is 6.54 Å². The van der Waals surface area contributed by atoms with E-state index in [2.05, 4.69) is 18.3 Å². The molecule has 0 aliphatic rings. The molecule has 0 unspecified atom stereocenters. The zero-order valence-electron chi connectivity index (χ0n) is 12.8. The molecule has 0 amide bonds. The third-order valence-electron chi connectivity index (χ3n) is 3.08. The Balaban J connectivity index is 2.04. The predicted octanol–water partition coefficient (Wildman–Crippen LogP) is 4.38. The topological polar surface area (TPSA) is 30.5 Å². The third kappa shape index (κ3) is 4.80. The van der Waals surface area contributed by atoms with Crippen molar-refractivity contribution in [2.75, 3.05) is 13.2 Å². The van der Waals surface area contributed by atoms with Gasteiger partial charge in [0, 0.05) is 12.1 Å². The summed E-state index contributed by atoms with van der Waals surface area (Å²) < 4.78 is 11.4. The van der Waals surface area contributed by atoms with Crippen LogP contribution < -0.4 is 14.8 Å². The molecule has 0 radical (unpaired) electrons. The van der Waals surface area contributed by atoms with Crippen LogP contribution in [0.25, 0.3) is 0 Å². The van der Waals surface area contributed by atoms with Gasteiger partial charge in [0.25, 0.3) is 0 Å². The summed E-state index contributed by atoms with van der Waals surface area (Å²) in [6.07, 6.45) is 1.13. The second-order valence-electron chi connectivity index (χ2n) is 4.79. The van der Waals surface area contributed by atoms with Gasteiger partial charge in [-0.2, -0.15) is 0 Å². The minimum atomic E-state index is 0.673. The van der Waals surface area contributed by atoms with E-state index in [4.69, 9.17) is 9.47 Å². The van der Waals surface area contributed by atoms with Crippen LogP contribution in [0, 0.1) is 0 Å². The molecule has 3 nitrogen and oxygen atoms in total. The number of hydrogen-bond donors (Lipinski definition) is 1. The lowest BCUT2D eigenvalue weighted by Gasteiger charge is -2.12. The van der Waals surface area contributed by atoms with Crippen LogP contribution in [0.1, 0.15) is 25.8 Å². The SMILES string of the molecule is CCCNCc1ccccc1Oc1ccc(OCC)cc1. The molecule has 0 bridgehead atoms. The number of para-hydroxylation sites is 1. The molecule has 0 aliphatic heterocycles. The summed E-state index contributed by atoms with van der Waals surface area (Å²) in [5.41, 5.74) is 1.17. The summed E-state index contributed by atoms with van der Waals surface area (Å²) in [5, 5.41) is 3.40. The Hall–Kier alpha value is -2.00. The molecule has 2 aromatic carbocycles. The zero-order valence-corrected chi connectivity index (χ0v) is 12.8. The van der Waals surface area contributed by atoms with E-state index < -0.39 is 0 Å². The van der Waals surface area contributed by atoms with Gasteiger partial charge < -0.3 is 14.8 Å². The Morgan fingerprint density at radius 3 is 2.33 bits per heavy atom. The quantitative estimate of drug-likeness (QED) is 0.730. The molecule has 0 saturated heterocycles. The first kappa shape index (κ1) is 15.4. The molecule has 112 valence electrons. The third-order valence-corrected chi connectivity index (χ3v) is 3.08. The highest BCUT2D eigenvalue weighted by Gasteiger charge is 2.04. The monoisotopic (exact) mass is 285 g/mol. The summed E-state index contributed by atoms with van der Waals surface area (Å²) in [6.45, 7) is 6.64. The summed E-state index contributed by atoms with van der Waals surface area (Å²) in [6, 6.07) is 15.8. The number of ether oxygens (including phenoxy) is 2. The van der Waals surface area contributed by atoms with Crippen LogP contribution in [0.3, 0.4) is 0 Å². The normalized spacial score (nSPS) is 10.4. The number of nitrogens with one attached hydrogen (secondary N) is 1. The average Bonchev–Trinajstić information content (AvgIpc) is 2.51. The predicted molar refractivity (Wildman–Crippen MR) is 86.1 cm³/mol. The molecule has 2 rings (SSSR count). The molecule has 3 heteroatoms. The van der Waals surface area contributed by atoms with Crippen molar-refractivity contribution in [2.24, 2.45) is 0 Å². The van der Waals surface area contributed by atoms with Crippen LogP contribution in [-0.4, -0.2) is 13.2 Å². The van der Waals surface area contributed by atoms with E-state index in [0.29, 0.717) is 6.61 Å². The summed E-state index contributed by atoms with van der Waals surface area (Å²) in [5.74, 6) is 2.58. The smallest absolute Gasteiger partial charge is 0.131 e. The second-order valence-corrected chi connectivity index (χ2v) is 4.79. The van der Waals surface area contributed by atoms with Crippen LogP contribution in [0.2, 0.25) is 0 Å². The molecule has 0 aliphatic carbocycles. The standard InChI is InChI=1S/C18H23NO2/c1-3-13-19-14-15-7-5-6-8-18(15)21-17-11-9-16(10-12-17)20-4-2/h5-12,19H,3-4,13-14H2,1-2H3. The lowest BCUT2D eigenvalue weighted by molar-refractivity contribution is 0.339. The van der Waals surface area contributed by atoms with E-state index >= 15 is 0 Å². The zero-order chi connectivity index (χ0) is 14.9. The van der Waals surface area contributed by atoms with Gasteiger partial charge in [-0.25, -0.2) is 0 Å². The molecule has 0 heterocycles. The Morgan fingerprint density at radius 2 is 1.62 bits per heavy atom. The Kier molecular flexibility index (Phi) is 6.10. The Morgan fingerprint density at radius 1 is 0.905 bits per heavy atom. The molecular weight excluding hydrogens is 262 g/mol. The maximum Gasteiger partial charge on any atom is 0.131 e. The van der Waals surface area contributed by atoms with Crippen molar-refractivity contribution >= 4 is 0 Å². The van der Waals surface area contributed by atoms with Gasteiger partial charge in [0.15, 0.2) is 0 Å². The molecule has 2 aromatic rings. The van der Waals surface area contributed by atoms with E-state index in [0.717, 1.165) is 36.8 Å².